The third kappa shape index (κ3) is 4.82. The average Bonchev–Trinajstić information content (AvgIpc) is 2.58. The van der Waals surface area contributed by atoms with E-state index in [2.05, 4.69) is 10.3 Å². The van der Waals surface area contributed by atoms with E-state index in [-0.39, 0.29) is 18.8 Å². The van der Waals surface area contributed by atoms with E-state index in [0.29, 0.717) is 29.5 Å². The number of aromatic nitrogens is 1. The minimum absolute atomic E-state index is 0.133. The maximum atomic E-state index is 12.3. The largest absolute Gasteiger partial charge is 0.493 e. The molecule has 0 spiro atoms. The number of carbonyl (C=O) groups excluding carboxylic acids is 2. The van der Waals surface area contributed by atoms with Crippen LogP contribution in [0.4, 0.5) is 5.69 Å². The summed E-state index contributed by atoms with van der Waals surface area (Å²) < 4.78 is 10.6. The van der Waals surface area contributed by atoms with Crippen LogP contribution in [0.25, 0.3) is 10.9 Å². The number of benzene rings is 1. The van der Waals surface area contributed by atoms with Crippen LogP contribution < -0.4 is 15.8 Å². The number of hydrogen-bond donors (Lipinski definition) is 2. The highest BCUT2D eigenvalue weighted by Crippen LogP contribution is 2.29. The molecule has 0 aliphatic carbocycles. The van der Waals surface area contributed by atoms with Gasteiger partial charge in [0.25, 0.3) is 5.91 Å². The molecule has 0 aliphatic rings. The summed E-state index contributed by atoms with van der Waals surface area (Å²) in [6.45, 7) is 6.30. The van der Waals surface area contributed by atoms with Gasteiger partial charge < -0.3 is 20.5 Å². The van der Waals surface area contributed by atoms with Gasteiger partial charge >= 0.3 is 5.97 Å². The third-order valence-electron chi connectivity index (χ3n) is 3.34. The van der Waals surface area contributed by atoms with Crippen molar-refractivity contribution in [1.82, 2.24) is 10.3 Å². The number of nitrogens with zero attached hydrogens (tertiary/aromatic N) is 1. The first kappa shape index (κ1) is 18.5. The molecule has 0 aliphatic heterocycles. The van der Waals surface area contributed by atoms with Crippen LogP contribution in [0.3, 0.4) is 0 Å². The van der Waals surface area contributed by atoms with Gasteiger partial charge in [-0.25, -0.2) is 4.98 Å². The Morgan fingerprint density at radius 3 is 2.76 bits per heavy atom. The number of amides is 1. The molecular formula is C18H23N3O4. The molecule has 2 aromatic rings. The Kier molecular flexibility index (Phi) is 6.16. The molecule has 1 aromatic heterocycles. The zero-order valence-corrected chi connectivity index (χ0v) is 14.7. The van der Waals surface area contributed by atoms with E-state index in [1.54, 1.807) is 19.1 Å². The Morgan fingerprint density at radius 1 is 1.32 bits per heavy atom. The van der Waals surface area contributed by atoms with Gasteiger partial charge in [-0.3, -0.25) is 9.59 Å². The normalized spacial score (nSPS) is 10.7. The zero-order chi connectivity index (χ0) is 18.4. The molecule has 1 amide bonds. The Labute approximate surface area is 146 Å². The molecule has 7 nitrogen and oxygen atoms in total. The maximum absolute atomic E-state index is 12.3. The first-order chi connectivity index (χ1) is 11.9. The molecule has 0 saturated heterocycles. The fourth-order valence-corrected chi connectivity index (χ4v) is 2.19. The van der Waals surface area contributed by atoms with Gasteiger partial charge in [-0.05, 0) is 25.0 Å². The summed E-state index contributed by atoms with van der Waals surface area (Å²) >= 11 is 0. The topological polar surface area (TPSA) is 104 Å². The fourth-order valence-electron chi connectivity index (χ4n) is 2.19. The number of anilines is 1. The predicted molar refractivity (Wildman–Crippen MR) is 95.5 cm³/mol. The molecule has 1 heterocycles. The van der Waals surface area contributed by atoms with Crippen molar-refractivity contribution < 1.29 is 19.1 Å². The van der Waals surface area contributed by atoms with Crippen LogP contribution in [0, 0.1) is 5.92 Å². The molecule has 0 fully saturated rings. The quantitative estimate of drug-likeness (QED) is 0.589. The number of nitrogen functional groups attached to an aromatic ring is 1. The maximum Gasteiger partial charge on any atom is 0.325 e. The van der Waals surface area contributed by atoms with Gasteiger partial charge in [0.2, 0.25) is 0 Å². The number of nitrogens with two attached hydrogens (primary N) is 1. The van der Waals surface area contributed by atoms with Crippen LogP contribution in [0.5, 0.6) is 5.75 Å². The van der Waals surface area contributed by atoms with Gasteiger partial charge in [0, 0.05) is 11.5 Å². The highest BCUT2D eigenvalue weighted by Gasteiger charge is 2.16. The predicted octanol–water partition coefficient (Wildman–Crippen LogP) is 2.14. The van der Waals surface area contributed by atoms with Crippen molar-refractivity contribution >= 4 is 28.5 Å². The molecule has 7 heteroatoms. The number of hydrogen-bond acceptors (Lipinski definition) is 6. The van der Waals surface area contributed by atoms with Crippen LogP contribution in [0.1, 0.15) is 31.3 Å². The number of nitrogens with one attached hydrogen (secondary N) is 1. The van der Waals surface area contributed by atoms with E-state index in [9.17, 15) is 9.59 Å². The number of ether oxygens (including phenoxy) is 2. The van der Waals surface area contributed by atoms with Crippen molar-refractivity contribution in [3.05, 3.63) is 30.0 Å². The smallest absolute Gasteiger partial charge is 0.325 e. The van der Waals surface area contributed by atoms with Gasteiger partial charge in [0.05, 0.1) is 24.4 Å². The van der Waals surface area contributed by atoms with Gasteiger partial charge in [-0.2, -0.15) is 0 Å². The van der Waals surface area contributed by atoms with Gasteiger partial charge in [0.1, 0.15) is 18.0 Å². The van der Waals surface area contributed by atoms with Crippen LogP contribution in [-0.2, 0) is 9.53 Å². The summed E-state index contributed by atoms with van der Waals surface area (Å²) in [7, 11) is 0. The van der Waals surface area contributed by atoms with Crippen molar-refractivity contribution in [2.45, 2.75) is 20.8 Å². The summed E-state index contributed by atoms with van der Waals surface area (Å²) in [6.07, 6.45) is 0. The number of fused-ring (bicyclic) bond motifs is 1. The molecule has 0 atom stereocenters. The highest BCUT2D eigenvalue weighted by atomic mass is 16.5. The molecule has 0 unspecified atom stereocenters. The molecule has 0 bridgehead atoms. The van der Waals surface area contributed by atoms with Gasteiger partial charge in [0.15, 0.2) is 0 Å². The van der Waals surface area contributed by atoms with Crippen molar-refractivity contribution in [2.24, 2.45) is 5.92 Å². The molecular weight excluding hydrogens is 322 g/mol. The zero-order valence-electron chi connectivity index (χ0n) is 14.7. The van der Waals surface area contributed by atoms with Crippen molar-refractivity contribution in [3.8, 4) is 5.75 Å². The first-order valence-corrected chi connectivity index (χ1v) is 8.18. The lowest BCUT2D eigenvalue weighted by atomic mass is 10.1. The molecule has 25 heavy (non-hydrogen) atoms. The van der Waals surface area contributed by atoms with Crippen molar-refractivity contribution in [3.63, 3.8) is 0 Å². The molecule has 2 rings (SSSR count). The van der Waals surface area contributed by atoms with Crippen LogP contribution in [0.2, 0.25) is 0 Å². The standard InChI is InChI=1S/C18H23N3O4/c1-4-24-16(22)9-20-18(23)14-8-15(25-10-11(2)3)12-6-5-7-13(19)17(12)21-14/h5-8,11H,4,9-10,19H2,1-3H3,(H,20,23). The second-order valence-electron chi connectivity index (χ2n) is 5.94. The molecule has 3 N–H and O–H groups in total. The van der Waals surface area contributed by atoms with Crippen molar-refractivity contribution in [1.29, 1.82) is 0 Å². The molecule has 0 radical (unpaired) electrons. The Morgan fingerprint density at radius 2 is 2.08 bits per heavy atom. The van der Waals surface area contributed by atoms with E-state index in [0.717, 1.165) is 5.39 Å². The van der Waals surface area contributed by atoms with E-state index in [1.807, 2.05) is 26.0 Å². The number of carbonyl (C=O) groups is 2. The first-order valence-electron chi connectivity index (χ1n) is 8.18. The van der Waals surface area contributed by atoms with Crippen molar-refractivity contribution in [2.75, 3.05) is 25.5 Å². The SMILES string of the molecule is CCOC(=O)CNC(=O)c1cc(OCC(C)C)c2cccc(N)c2n1. The summed E-state index contributed by atoms with van der Waals surface area (Å²) in [5, 5.41) is 3.23. The van der Waals surface area contributed by atoms with E-state index >= 15 is 0 Å². The monoisotopic (exact) mass is 345 g/mol. The van der Waals surface area contributed by atoms with Gasteiger partial charge in [-0.1, -0.05) is 19.9 Å². The van der Waals surface area contributed by atoms with E-state index in [1.165, 1.54) is 0 Å². The third-order valence-corrected chi connectivity index (χ3v) is 3.34. The Balaban J connectivity index is 2.31. The van der Waals surface area contributed by atoms with E-state index < -0.39 is 11.9 Å². The summed E-state index contributed by atoms with van der Waals surface area (Å²) in [5.74, 6) is -0.141. The molecule has 134 valence electrons. The fraction of sp³-hybridized carbons (Fsp3) is 0.389. The minimum atomic E-state index is -0.507. The lowest BCUT2D eigenvalue weighted by molar-refractivity contribution is -0.141. The van der Waals surface area contributed by atoms with Crippen LogP contribution >= 0.6 is 0 Å². The molecule has 1 aromatic carbocycles. The summed E-state index contributed by atoms with van der Waals surface area (Å²) in [4.78, 5) is 28.0. The number of para-hydroxylation sites is 1. The van der Waals surface area contributed by atoms with Crippen LogP contribution in [-0.4, -0.2) is 36.6 Å². The lowest BCUT2D eigenvalue weighted by Gasteiger charge is -2.13. The Bertz CT molecular complexity index is 774. The van der Waals surface area contributed by atoms with E-state index in [4.69, 9.17) is 15.2 Å². The molecule has 0 saturated carbocycles. The summed E-state index contributed by atoms with van der Waals surface area (Å²) in [5.41, 5.74) is 7.06. The minimum Gasteiger partial charge on any atom is -0.493 e. The number of rotatable bonds is 7. The van der Waals surface area contributed by atoms with Crippen LogP contribution in [0.15, 0.2) is 24.3 Å². The lowest BCUT2D eigenvalue weighted by Crippen LogP contribution is -2.31. The average molecular weight is 345 g/mol. The second-order valence-corrected chi connectivity index (χ2v) is 5.94. The van der Waals surface area contributed by atoms with Gasteiger partial charge in [-0.15, -0.1) is 0 Å². The summed E-state index contributed by atoms with van der Waals surface area (Å²) in [6, 6.07) is 6.92. The number of esters is 1. The number of pyridine rings is 1. The Hall–Kier alpha value is -2.83. The second kappa shape index (κ2) is 8.32. The highest BCUT2D eigenvalue weighted by molar-refractivity contribution is 6.00.